The summed E-state index contributed by atoms with van der Waals surface area (Å²) in [5, 5.41) is 0. The molecule has 0 radical (unpaired) electrons. The average Bonchev–Trinajstić information content (AvgIpc) is 2.39. The van der Waals surface area contributed by atoms with Crippen LogP contribution in [0.15, 0.2) is 28.7 Å². The molecule has 5 heteroatoms. The number of fused-ring (bicyclic) bond motifs is 1. The lowest BCUT2D eigenvalue weighted by Crippen LogP contribution is -1.96. The molecule has 0 spiro atoms. The van der Waals surface area contributed by atoms with Crippen molar-refractivity contribution in [1.82, 2.24) is 4.57 Å². The van der Waals surface area contributed by atoms with E-state index in [2.05, 4.69) is 12.2 Å². The predicted octanol–water partition coefficient (Wildman–Crippen LogP) is 3.36. The lowest BCUT2D eigenvalue weighted by molar-refractivity contribution is 0.0697. The number of hydrogen-bond acceptors (Lipinski definition) is 2. The Morgan fingerprint density at radius 2 is 2.00 bits per heavy atom. The van der Waals surface area contributed by atoms with Gasteiger partial charge in [0.1, 0.15) is 0 Å². The fraction of sp³-hybridized carbons (Fsp3) is 0.125. The van der Waals surface area contributed by atoms with Gasteiger partial charge >= 0.3 is 6.55 Å². The Balaban J connectivity index is 2.87. The van der Waals surface area contributed by atoms with Crippen LogP contribution < -0.4 is 0 Å². The molecule has 2 rings (SSSR count). The van der Waals surface area contributed by atoms with Crippen LogP contribution in [0.25, 0.3) is 11.1 Å². The molecule has 0 bridgehead atoms. The molecule has 0 saturated carbocycles. The van der Waals surface area contributed by atoms with E-state index in [-0.39, 0.29) is 4.84 Å². The van der Waals surface area contributed by atoms with E-state index in [0.29, 0.717) is 15.7 Å². The van der Waals surface area contributed by atoms with Crippen LogP contribution in [0.4, 0.5) is 8.78 Å². The van der Waals surface area contributed by atoms with Crippen molar-refractivity contribution in [3.05, 3.63) is 29.1 Å². The van der Waals surface area contributed by atoms with Crippen molar-refractivity contribution in [2.75, 3.05) is 0 Å². The van der Waals surface area contributed by atoms with Crippen molar-refractivity contribution in [2.24, 2.45) is 0 Å². The number of hydrogen-bond donors (Lipinski definition) is 0. The lowest BCUT2D eigenvalue weighted by Gasteiger charge is -1.98. The summed E-state index contributed by atoms with van der Waals surface area (Å²) >= 11 is 4.65. The molecule has 2 nitrogen and oxygen atoms in total. The van der Waals surface area contributed by atoms with Gasteiger partial charge in [0.25, 0.3) is 4.84 Å². The quantitative estimate of drug-likeness (QED) is 0.658. The fourth-order valence-corrected chi connectivity index (χ4v) is 1.44. The first-order valence-corrected chi connectivity index (χ1v) is 3.99. The Kier molecular flexibility index (Phi) is 1.88. The summed E-state index contributed by atoms with van der Waals surface area (Å²) in [5.74, 6) is 0. The molecule has 68 valence electrons. The number of oxazole rings is 1. The molecule has 0 fully saturated rings. The van der Waals surface area contributed by atoms with Crippen LogP contribution in [0.5, 0.6) is 0 Å². The van der Waals surface area contributed by atoms with E-state index in [4.69, 9.17) is 4.42 Å². The van der Waals surface area contributed by atoms with E-state index in [9.17, 15) is 8.78 Å². The zero-order valence-electron chi connectivity index (χ0n) is 6.41. The standard InChI is InChI=1S/C8H5F2NOS/c9-7(10)11-5-3-1-2-4-6(5)12-8(11)13/h1-4,7H. The van der Waals surface area contributed by atoms with Crippen LogP contribution in [-0.4, -0.2) is 4.57 Å². The maximum atomic E-state index is 12.4. The minimum atomic E-state index is -2.66. The normalized spacial score (nSPS) is 11.3. The van der Waals surface area contributed by atoms with Gasteiger partial charge in [-0.05, 0) is 24.4 Å². The predicted molar refractivity (Wildman–Crippen MR) is 46.3 cm³/mol. The van der Waals surface area contributed by atoms with Crippen molar-refractivity contribution in [3.8, 4) is 0 Å². The molecular formula is C8H5F2NOS. The van der Waals surface area contributed by atoms with Crippen LogP contribution in [0.1, 0.15) is 6.55 Å². The summed E-state index contributed by atoms with van der Waals surface area (Å²) in [6.45, 7) is -2.66. The fourth-order valence-electron chi connectivity index (χ4n) is 1.17. The third-order valence-electron chi connectivity index (χ3n) is 1.71. The lowest BCUT2D eigenvalue weighted by atomic mass is 10.3. The smallest absolute Gasteiger partial charge is 0.322 e. The molecule has 1 aromatic heterocycles. The van der Waals surface area contributed by atoms with Gasteiger partial charge in [-0.3, -0.25) is 0 Å². The third-order valence-corrected chi connectivity index (χ3v) is 1.99. The highest BCUT2D eigenvalue weighted by Gasteiger charge is 2.13. The van der Waals surface area contributed by atoms with Gasteiger partial charge in [0, 0.05) is 0 Å². The molecule has 0 unspecified atom stereocenters. The maximum absolute atomic E-state index is 12.4. The number of aromatic nitrogens is 1. The van der Waals surface area contributed by atoms with Gasteiger partial charge in [-0.1, -0.05) is 12.1 Å². The van der Waals surface area contributed by atoms with E-state index < -0.39 is 6.55 Å². The first-order valence-electron chi connectivity index (χ1n) is 3.58. The summed E-state index contributed by atoms with van der Waals surface area (Å²) in [5.41, 5.74) is 0.704. The van der Waals surface area contributed by atoms with Crippen LogP contribution >= 0.6 is 12.2 Å². The molecule has 0 aliphatic rings. The monoisotopic (exact) mass is 201 g/mol. The minimum absolute atomic E-state index is 0.198. The second-order valence-corrected chi connectivity index (χ2v) is 2.83. The number of nitrogens with zero attached hydrogens (tertiary/aromatic N) is 1. The highest BCUT2D eigenvalue weighted by Crippen LogP contribution is 2.22. The molecular weight excluding hydrogens is 196 g/mol. The van der Waals surface area contributed by atoms with Crippen LogP contribution in [0, 0.1) is 4.84 Å². The summed E-state index contributed by atoms with van der Waals surface area (Å²) in [6, 6.07) is 6.51. The highest BCUT2D eigenvalue weighted by molar-refractivity contribution is 7.71. The van der Waals surface area contributed by atoms with Gasteiger partial charge in [-0.2, -0.15) is 8.78 Å². The Bertz CT molecular complexity index is 488. The molecule has 1 aromatic carbocycles. The van der Waals surface area contributed by atoms with E-state index in [0.717, 1.165) is 0 Å². The van der Waals surface area contributed by atoms with Gasteiger partial charge in [-0.15, -0.1) is 0 Å². The molecule has 1 heterocycles. The highest BCUT2D eigenvalue weighted by atomic mass is 32.1. The Labute approximate surface area is 77.4 Å². The summed E-state index contributed by atoms with van der Waals surface area (Å²) in [7, 11) is 0. The Morgan fingerprint density at radius 1 is 1.31 bits per heavy atom. The number of halogens is 2. The maximum Gasteiger partial charge on any atom is 0.322 e. The zero-order chi connectivity index (χ0) is 9.42. The number of benzene rings is 1. The molecule has 0 saturated heterocycles. The molecule has 0 atom stereocenters. The van der Waals surface area contributed by atoms with E-state index >= 15 is 0 Å². The van der Waals surface area contributed by atoms with Crippen molar-refractivity contribution >= 4 is 23.3 Å². The van der Waals surface area contributed by atoms with Gasteiger partial charge in [0.15, 0.2) is 5.58 Å². The van der Waals surface area contributed by atoms with E-state index in [1.807, 2.05) is 0 Å². The van der Waals surface area contributed by atoms with Gasteiger partial charge in [0.05, 0.1) is 5.52 Å². The first kappa shape index (κ1) is 8.37. The molecule has 0 amide bonds. The SMILES string of the molecule is FC(F)n1c(=S)oc2ccccc21. The van der Waals surface area contributed by atoms with Crippen LogP contribution in [0.3, 0.4) is 0 Å². The van der Waals surface area contributed by atoms with Crippen LogP contribution in [0.2, 0.25) is 0 Å². The molecule has 0 aliphatic carbocycles. The topological polar surface area (TPSA) is 18.1 Å². The van der Waals surface area contributed by atoms with E-state index in [1.54, 1.807) is 24.3 Å². The molecule has 13 heavy (non-hydrogen) atoms. The average molecular weight is 201 g/mol. The number of para-hydroxylation sites is 2. The minimum Gasteiger partial charge on any atom is -0.429 e. The Hall–Kier alpha value is -1.23. The summed E-state index contributed by atoms with van der Waals surface area (Å²) in [6.07, 6.45) is 0. The second kappa shape index (κ2) is 2.92. The van der Waals surface area contributed by atoms with Gasteiger partial charge in [-0.25, -0.2) is 4.57 Å². The van der Waals surface area contributed by atoms with Crippen molar-refractivity contribution in [2.45, 2.75) is 6.55 Å². The second-order valence-electron chi connectivity index (χ2n) is 2.48. The third kappa shape index (κ3) is 1.25. The molecule has 0 aliphatic heterocycles. The van der Waals surface area contributed by atoms with E-state index in [1.165, 1.54) is 0 Å². The Morgan fingerprint density at radius 3 is 2.69 bits per heavy atom. The van der Waals surface area contributed by atoms with Gasteiger partial charge < -0.3 is 4.42 Å². The van der Waals surface area contributed by atoms with Crippen LogP contribution in [-0.2, 0) is 0 Å². The molecule has 2 aromatic rings. The largest absolute Gasteiger partial charge is 0.429 e. The van der Waals surface area contributed by atoms with Crippen molar-refractivity contribution < 1.29 is 13.2 Å². The molecule has 0 N–H and O–H groups in total. The number of rotatable bonds is 1. The summed E-state index contributed by atoms with van der Waals surface area (Å²) in [4.78, 5) is -0.198. The van der Waals surface area contributed by atoms with Crippen molar-refractivity contribution in [1.29, 1.82) is 0 Å². The zero-order valence-corrected chi connectivity index (χ0v) is 7.22. The summed E-state index contributed by atoms with van der Waals surface area (Å²) < 4.78 is 30.5. The van der Waals surface area contributed by atoms with Crippen molar-refractivity contribution in [3.63, 3.8) is 0 Å². The first-order chi connectivity index (χ1) is 6.20. The van der Waals surface area contributed by atoms with Gasteiger partial charge in [0.2, 0.25) is 0 Å². The number of alkyl halides is 2.